The molecule has 3 aliphatic rings. The van der Waals surface area contributed by atoms with Gasteiger partial charge in [-0.2, -0.15) is 0 Å². The van der Waals surface area contributed by atoms with Crippen molar-refractivity contribution in [3.63, 3.8) is 0 Å². The van der Waals surface area contributed by atoms with E-state index < -0.39 is 8.24 Å². The third-order valence-corrected chi connectivity index (χ3v) is 15.6. The number of nitrogens with zero attached hydrogens (tertiary/aromatic N) is 1. The van der Waals surface area contributed by atoms with E-state index in [0.717, 1.165) is 23.0 Å². The Labute approximate surface area is 258 Å². The summed E-state index contributed by atoms with van der Waals surface area (Å²) in [5.41, 5.74) is 8.24. The third-order valence-electron chi connectivity index (χ3n) is 10.5. The van der Waals surface area contributed by atoms with Crippen LogP contribution in [0.25, 0.3) is 5.57 Å². The summed E-state index contributed by atoms with van der Waals surface area (Å²) in [4.78, 5) is 0. The fourth-order valence-electron chi connectivity index (χ4n) is 9.85. The first-order valence-electron chi connectivity index (χ1n) is 16.3. The lowest BCUT2D eigenvalue weighted by Crippen LogP contribution is -2.67. The average Bonchev–Trinajstić information content (AvgIpc) is 3.26. The van der Waals surface area contributed by atoms with Crippen molar-refractivity contribution in [2.45, 2.75) is 130 Å². The molecule has 0 aliphatic heterocycles. The maximum Gasteiger partial charge on any atom is 0.127 e. The van der Waals surface area contributed by atoms with Gasteiger partial charge in [-0.3, -0.25) is 0 Å². The standard InChI is InChI=1S/C39H57NOSi/c1-25-21-26-22-32-30-20-19-29(41-28-17-15-27(16-18-28)36(2,3)4)23-33(30)39(11,12)34(32)24-31(26)35(25)42(13,14)40(37(5,6)7)38(8,9)10/h15-20,22-26,31,35H,21H2,1-14H3. The molecular weight excluding hydrogens is 527 g/mol. The Kier molecular flexibility index (Phi) is 7.43. The van der Waals surface area contributed by atoms with Crippen molar-refractivity contribution in [2.75, 3.05) is 0 Å². The molecule has 2 aromatic carbocycles. The van der Waals surface area contributed by atoms with E-state index >= 15 is 0 Å². The predicted molar refractivity (Wildman–Crippen MR) is 184 cm³/mol. The second-order valence-electron chi connectivity index (χ2n) is 17.7. The van der Waals surface area contributed by atoms with Crippen molar-refractivity contribution in [3.8, 4) is 11.5 Å². The SMILES string of the molecule is CC1CC2C=C3C(=CC2C1[Si](C)(C)N(C(C)(C)C)C(C)(C)C)C(C)(C)c1cc(Oc2ccc(C(C)(C)C)cc2)ccc13. The van der Waals surface area contributed by atoms with Crippen LogP contribution in [0, 0.1) is 17.8 Å². The molecule has 0 heterocycles. The van der Waals surface area contributed by atoms with Gasteiger partial charge in [0.25, 0.3) is 0 Å². The van der Waals surface area contributed by atoms with Crippen LogP contribution >= 0.6 is 0 Å². The van der Waals surface area contributed by atoms with Crippen LogP contribution in [-0.2, 0) is 10.8 Å². The minimum atomic E-state index is -1.84. The Hall–Kier alpha value is -2.10. The average molecular weight is 584 g/mol. The first kappa shape index (κ1) is 31.3. The van der Waals surface area contributed by atoms with Gasteiger partial charge in [0.15, 0.2) is 0 Å². The highest BCUT2D eigenvalue weighted by atomic mass is 28.3. The summed E-state index contributed by atoms with van der Waals surface area (Å²) in [6.45, 7) is 34.0. The molecule has 0 radical (unpaired) electrons. The second-order valence-corrected chi connectivity index (χ2v) is 22.1. The van der Waals surface area contributed by atoms with Crippen molar-refractivity contribution in [1.82, 2.24) is 4.57 Å². The Balaban J connectivity index is 1.48. The zero-order valence-electron chi connectivity index (χ0n) is 29.1. The van der Waals surface area contributed by atoms with Crippen LogP contribution in [0.1, 0.15) is 106 Å². The number of benzene rings is 2. The quantitative estimate of drug-likeness (QED) is 0.332. The Morgan fingerprint density at radius 3 is 1.93 bits per heavy atom. The molecule has 42 heavy (non-hydrogen) atoms. The lowest BCUT2D eigenvalue weighted by molar-refractivity contribution is 0.121. The molecule has 4 atom stereocenters. The van der Waals surface area contributed by atoms with Gasteiger partial charge < -0.3 is 9.30 Å². The summed E-state index contributed by atoms with van der Waals surface area (Å²) in [5, 5.41) is 0. The number of ether oxygens (including phenoxy) is 1. The molecule has 2 nitrogen and oxygen atoms in total. The molecule has 5 rings (SSSR count). The number of hydrogen-bond donors (Lipinski definition) is 0. The highest BCUT2D eigenvalue weighted by Gasteiger charge is 2.56. The fraction of sp³-hybridized carbons (Fsp3) is 0.590. The van der Waals surface area contributed by atoms with E-state index in [4.69, 9.17) is 4.74 Å². The third kappa shape index (κ3) is 5.27. The summed E-state index contributed by atoms with van der Waals surface area (Å²) < 4.78 is 9.36. The van der Waals surface area contributed by atoms with E-state index in [1.54, 1.807) is 0 Å². The summed E-state index contributed by atoms with van der Waals surface area (Å²) in [7, 11) is -1.84. The van der Waals surface area contributed by atoms with Gasteiger partial charge in [-0.05, 0) is 129 Å². The van der Waals surface area contributed by atoms with E-state index in [0.29, 0.717) is 11.8 Å². The van der Waals surface area contributed by atoms with Crippen molar-refractivity contribution in [2.24, 2.45) is 17.8 Å². The van der Waals surface area contributed by atoms with Gasteiger partial charge in [-0.15, -0.1) is 0 Å². The van der Waals surface area contributed by atoms with Crippen LogP contribution in [0.4, 0.5) is 0 Å². The smallest absolute Gasteiger partial charge is 0.127 e. The molecule has 3 heteroatoms. The molecule has 0 aromatic heterocycles. The molecule has 0 saturated heterocycles. The van der Waals surface area contributed by atoms with Gasteiger partial charge in [0.05, 0.1) is 0 Å². The molecule has 2 aromatic rings. The van der Waals surface area contributed by atoms with Gasteiger partial charge in [-0.25, -0.2) is 0 Å². The van der Waals surface area contributed by atoms with Gasteiger partial charge in [0.2, 0.25) is 0 Å². The van der Waals surface area contributed by atoms with Crippen molar-refractivity contribution in [1.29, 1.82) is 0 Å². The zero-order chi connectivity index (χ0) is 31.2. The van der Waals surface area contributed by atoms with Crippen LogP contribution in [-0.4, -0.2) is 23.9 Å². The van der Waals surface area contributed by atoms with Gasteiger partial charge in [-0.1, -0.05) is 85.0 Å². The summed E-state index contributed by atoms with van der Waals surface area (Å²) in [6, 6.07) is 15.4. The Morgan fingerprint density at radius 2 is 1.38 bits per heavy atom. The number of allylic oxidation sites excluding steroid dienone is 4. The predicted octanol–water partition coefficient (Wildman–Crippen LogP) is 11.1. The van der Waals surface area contributed by atoms with E-state index in [9.17, 15) is 0 Å². The maximum atomic E-state index is 6.42. The van der Waals surface area contributed by atoms with E-state index in [-0.39, 0.29) is 21.9 Å². The number of hydrogen-bond acceptors (Lipinski definition) is 2. The minimum Gasteiger partial charge on any atom is -0.457 e. The normalized spacial score (nSPS) is 25.5. The molecule has 228 valence electrons. The Bertz CT molecular complexity index is 1390. The highest BCUT2D eigenvalue weighted by Crippen LogP contribution is 2.61. The first-order chi connectivity index (χ1) is 19.1. The minimum absolute atomic E-state index is 0.0442. The van der Waals surface area contributed by atoms with E-state index in [1.807, 2.05) is 0 Å². The zero-order valence-corrected chi connectivity index (χ0v) is 30.1. The van der Waals surface area contributed by atoms with Crippen molar-refractivity contribution < 1.29 is 4.74 Å². The van der Waals surface area contributed by atoms with Crippen molar-refractivity contribution in [3.05, 3.63) is 76.9 Å². The molecule has 3 aliphatic carbocycles. The van der Waals surface area contributed by atoms with E-state index in [2.05, 4.69) is 155 Å². The summed E-state index contributed by atoms with van der Waals surface area (Å²) >= 11 is 0. The number of rotatable bonds is 4. The molecular formula is C39H57NOSi. The molecule has 0 spiro atoms. The van der Waals surface area contributed by atoms with Crippen LogP contribution in [0.2, 0.25) is 18.6 Å². The second kappa shape index (κ2) is 9.96. The maximum absolute atomic E-state index is 6.42. The molecule has 1 saturated carbocycles. The van der Waals surface area contributed by atoms with Crippen LogP contribution in [0.3, 0.4) is 0 Å². The fourth-order valence-corrected chi connectivity index (χ4v) is 16.4. The van der Waals surface area contributed by atoms with E-state index in [1.165, 1.54) is 34.3 Å². The summed E-state index contributed by atoms with van der Waals surface area (Å²) in [5.74, 6) is 3.78. The Morgan fingerprint density at radius 1 is 0.810 bits per heavy atom. The monoisotopic (exact) mass is 583 g/mol. The lowest BCUT2D eigenvalue weighted by atomic mass is 9.76. The van der Waals surface area contributed by atoms with Gasteiger partial charge >= 0.3 is 0 Å². The molecule has 0 N–H and O–H groups in total. The van der Waals surface area contributed by atoms with Gasteiger partial charge in [0, 0.05) is 16.5 Å². The first-order valence-corrected chi connectivity index (χ1v) is 19.3. The van der Waals surface area contributed by atoms with Crippen LogP contribution in [0.15, 0.2) is 60.2 Å². The molecule has 0 amide bonds. The van der Waals surface area contributed by atoms with Crippen LogP contribution < -0.4 is 4.74 Å². The number of fused-ring (bicyclic) bond motifs is 4. The molecule has 4 unspecified atom stereocenters. The lowest BCUT2D eigenvalue weighted by Gasteiger charge is -2.57. The van der Waals surface area contributed by atoms with Crippen molar-refractivity contribution >= 4 is 13.8 Å². The van der Waals surface area contributed by atoms with Crippen LogP contribution in [0.5, 0.6) is 11.5 Å². The largest absolute Gasteiger partial charge is 0.457 e. The molecule has 1 fully saturated rings. The molecule has 0 bridgehead atoms. The topological polar surface area (TPSA) is 12.5 Å². The highest BCUT2D eigenvalue weighted by molar-refractivity contribution is 6.76. The van der Waals surface area contributed by atoms with Gasteiger partial charge in [0.1, 0.15) is 19.7 Å². The summed E-state index contributed by atoms with van der Waals surface area (Å²) in [6.07, 6.45) is 6.72.